The molecular formula is C20H19FN4O. The van der Waals surface area contributed by atoms with E-state index in [9.17, 15) is 4.39 Å². The Morgan fingerprint density at radius 1 is 1.19 bits per heavy atom. The minimum atomic E-state index is -0.237. The Kier molecular flexibility index (Phi) is 4.58. The summed E-state index contributed by atoms with van der Waals surface area (Å²) in [5.74, 6) is 1.02. The molecule has 0 spiro atoms. The van der Waals surface area contributed by atoms with Crippen molar-refractivity contribution in [3.8, 4) is 17.1 Å². The van der Waals surface area contributed by atoms with Crippen LogP contribution < -0.4 is 4.74 Å². The third kappa shape index (κ3) is 3.41. The maximum absolute atomic E-state index is 14.2. The molecule has 0 amide bonds. The molecule has 4 rings (SSSR count). The standard InChI is InChI=1S/C20H19FN4O/c1-26-17-3-2-15(18(21)10-17)12-25-9-6-19-16(13-25)11-23-20(24-19)14-4-7-22-8-5-14/h2-5,7-8,10-11H,6,9,12-13H2,1H3. The van der Waals surface area contributed by atoms with Crippen LogP contribution in [0.5, 0.6) is 5.75 Å². The maximum atomic E-state index is 14.2. The summed E-state index contributed by atoms with van der Waals surface area (Å²) in [6.45, 7) is 2.12. The fraction of sp³-hybridized carbons (Fsp3) is 0.250. The van der Waals surface area contributed by atoms with Crippen LogP contribution in [0.3, 0.4) is 0 Å². The first-order valence-electron chi connectivity index (χ1n) is 8.53. The van der Waals surface area contributed by atoms with E-state index in [1.807, 2.05) is 18.3 Å². The first kappa shape index (κ1) is 16.6. The van der Waals surface area contributed by atoms with E-state index in [1.54, 1.807) is 24.5 Å². The molecule has 132 valence electrons. The number of rotatable bonds is 4. The van der Waals surface area contributed by atoms with Crippen LogP contribution in [0.25, 0.3) is 11.4 Å². The van der Waals surface area contributed by atoms with Crippen molar-refractivity contribution in [3.63, 3.8) is 0 Å². The zero-order chi connectivity index (χ0) is 17.9. The largest absolute Gasteiger partial charge is 0.497 e. The van der Waals surface area contributed by atoms with Gasteiger partial charge in [-0.3, -0.25) is 9.88 Å². The smallest absolute Gasteiger partial charge is 0.159 e. The molecule has 0 unspecified atom stereocenters. The summed E-state index contributed by atoms with van der Waals surface area (Å²) in [5, 5.41) is 0. The van der Waals surface area contributed by atoms with Crippen molar-refractivity contribution in [2.24, 2.45) is 0 Å². The van der Waals surface area contributed by atoms with Gasteiger partial charge >= 0.3 is 0 Å². The fourth-order valence-electron chi connectivity index (χ4n) is 3.17. The Morgan fingerprint density at radius 3 is 2.81 bits per heavy atom. The molecule has 0 N–H and O–H groups in total. The van der Waals surface area contributed by atoms with Crippen LogP contribution in [-0.2, 0) is 19.5 Å². The highest BCUT2D eigenvalue weighted by Gasteiger charge is 2.20. The van der Waals surface area contributed by atoms with Crippen LogP contribution in [0.2, 0.25) is 0 Å². The quantitative estimate of drug-likeness (QED) is 0.723. The van der Waals surface area contributed by atoms with Gasteiger partial charge in [-0.15, -0.1) is 0 Å². The van der Waals surface area contributed by atoms with Gasteiger partial charge < -0.3 is 4.74 Å². The summed E-state index contributed by atoms with van der Waals surface area (Å²) in [5.41, 5.74) is 3.80. The van der Waals surface area contributed by atoms with Crippen molar-refractivity contribution >= 4 is 0 Å². The average molecular weight is 350 g/mol. The Morgan fingerprint density at radius 2 is 2.04 bits per heavy atom. The molecule has 1 aromatic carbocycles. The molecular weight excluding hydrogens is 331 g/mol. The van der Waals surface area contributed by atoms with Gasteiger partial charge in [0.1, 0.15) is 11.6 Å². The molecule has 2 aromatic heterocycles. The van der Waals surface area contributed by atoms with Crippen LogP contribution in [0, 0.1) is 5.82 Å². The molecule has 0 aliphatic carbocycles. The van der Waals surface area contributed by atoms with Crippen molar-refractivity contribution in [3.05, 3.63) is 71.6 Å². The highest BCUT2D eigenvalue weighted by molar-refractivity contribution is 5.54. The number of aromatic nitrogens is 3. The lowest BCUT2D eigenvalue weighted by atomic mass is 10.1. The molecule has 1 aliphatic rings. The Hall–Kier alpha value is -2.86. The van der Waals surface area contributed by atoms with E-state index in [-0.39, 0.29) is 5.82 Å². The van der Waals surface area contributed by atoms with Crippen LogP contribution in [0.4, 0.5) is 4.39 Å². The molecule has 6 heteroatoms. The number of hydrogen-bond donors (Lipinski definition) is 0. The second-order valence-corrected chi connectivity index (χ2v) is 6.32. The van der Waals surface area contributed by atoms with Gasteiger partial charge in [-0.1, -0.05) is 6.07 Å². The summed E-state index contributed by atoms with van der Waals surface area (Å²) in [6, 6.07) is 8.82. The number of methoxy groups -OCH3 is 1. The van der Waals surface area contributed by atoms with Crippen molar-refractivity contribution in [1.29, 1.82) is 0 Å². The van der Waals surface area contributed by atoms with E-state index in [2.05, 4.69) is 14.9 Å². The Labute approximate surface area is 151 Å². The van der Waals surface area contributed by atoms with Crippen molar-refractivity contribution < 1.29 is 9.13 Å². The number of nitrogens with zero attached hydrogens (tertiary/aromatic N) is 4. The van der Waals surface area contributed by atoms with Gasteiger partial charge in [-0.25, -0.2) is 14.4 Å². The summed E-state index contributed by atoms with van der Waals surface area (Å²) >= 11 is 0. The number of ether oxygens (including phenoxy) is 1. The van der Waals surface area contributed by atoms with E-state index < -0.39 is 0 Å². The zero-order valence-electron chi connectivity index (χ0n) is 14.5. The van der Waals surface area contributed by atoms with E-state index in [1.165, 1.54) is 13.2 Å². The first-order valence-corrected chi connectivity index (χ1v) is 8.53. The van der Waals surface area contributed by atoms with Crippen LogP contribution in [-0.4, -0.2) is 33.5 Å². The van der Waals surface area contributed by atoms with Gasteiger partial charge in [-0.2, -0.15) is 0 Å². The number of pyridine rings is 1. The van der Waals surface area contributed by atoms with E-state index in [0.29, 0.717) is 17.9 Å². The Balaban J connectivity index is 1.50. The summed E-state index contributed by atoms with van der Waals surface area (Å²) in [4.78, 5) is 15.4. The monoisotopic (exact) mass is 350 g/mol. The second-order valence-electron chi connectivity index (χ2n) is 6.32. The highest BCUT2D eigenvalue weighted by Crippen LogP contribution is 2.23. The van der Waals surface area contributed by atoms with E-state index in [0.717, 1.165) is 42.2 Å². The molecule has 3 aromatic rings. The summed E-state index contributed by atoms with van der Waals surface area (Å²) < 4.78 is 19.3. The minimum absolute atomic E-state index is 0.237. The molecule has 3 heterocycles. The summed E-state index contributed by atoms with van der Waals surface area (Å²) in [6.07, 6.45) is 6.19. The number of hydrogen-bond acceptors (Lipinski definition) is 5. The molecule has 5 nitrogen and oxygen atoms in total. The number of fused-ring (bicyclic) bond motifs is 1. The van der Waals surface area contributed by atoms with Gasteiger partial charge in [0.15, 0.2) is 5.82 Å². The average Bonchev–Trinajstić information content (AvgIpc) is 2.69. The maximum Gasteiger partial charge on any atom is 0.159 e. The van der Waals surface area contributed by atoms with Crippen molar-refractivity contribution in [2.45, 2.75) is 19.5 Å². The lowest BCUT2D eigenvalue weighted by Crippen LogP contribution is -2.31. The van der Waals surface area contributed by atoms with Crippen LogP contribution >= 0.6 is 0 Å². The number of benzene rings is 1. The fourth-order valence-corrected chi connectivity index (χ4v) is 3.17. The van der Waals surface area contributed by atoms with E-state index >= 15 is 0 Å². The third-order valence-corrected chi connectivity index (χ3v) is 4.61. The van der Waals surface area contributed by atoms with Crippen molar-refractivity contribution in [1.82, 2.24) is 19.9 Å². The molecule has 0 fully saturated rings. The summed E-state index contributed by atoms with van der Waals surface area (Å²) in [7, 11) is 1.54. The van der Waals surface area contributed by atoms with Gasteiger partial charge in [0, 0.05) is 67.4 Å². The van der Waals surface area contributed by atoms with E-state index in [4.69, 9.17) is 9.72 Å². The van der Waals surface area contributed by atoms with Gasteiger partial charge in [-0.05, 0) is 18.2 Å². The third-order valence-electron chi connectivity index (χ3n) is 4.61. The topological polar surface area (TPSA) is 51.1 Å². The molecule has 0 atom stereocenters. The van der Waals surface area contributed by atoms with Gasteiger partial charge in [0.2, 0.25) is 0 Å². The lowest BCUT2D eigenvalue weighted by Gasteiger charge is -2.28. The number of halogens is 1. The minimum Gasteiger partial charge on any atom is -0.497 e. The van der Waals surface area contributed by atoms with Gasteiger partial charge in [0.05, 0.1) is 12.8 Å². The highest BCUT2D eigenvalue weighted by atomic mass is 19.1. The molecule has 0 saturated heterocycles. The predicted octanol–water partition coefficient (Wildman–Crippen LogP) is 3.24. The molecule has 0 radical (unpaired) electrons. The zero-order valence-corrected chi connectivity index (χ0v) is 14.5. The first-order chi connectivity index (χ1) is 12.7. The SMILES string of the molecule is COc1ccc(CN2CCc3nc(-c4ccncc4)ncc3C2)c(F)c1. The molecule has 0 saturated carbocycles. The predicted molar refractivity (Wildman–Crippen MR) is 96.0 cm³/mol. The normalized spacial score (nSPS) is 14.1. The molecule has 1 aliphatic heterocycles. The Bertz CT molecular complexity index is 917. The lowest BCUT2D eigenvalue weighted by molar-refractivity contribution is 0.239. The van der Waals surface area contributed by atoms with Crippen LogP contribution in [0.15, 0.2) is 48.9 Å². The van der Waals surface area contributed by atoms with Crippen molar-refractivity contribution in [2.75, 3.05) is 13.7 Å². The van der Waals surface area contributed by atoms with Gasteiger partial charge in [0.25, 0.3) is 0 Å². The molecule has 26 heavy (non-hydrogen) atoms. The van der Waals surface area contributed by atoms with Crippen LogP contribution in [0.1, 0.15) is 16.8 Å². The molecule has 0 bridgehead atoms. The second kappa shape index (κ2) is 7.17.